The van der Waals surface area contributed by atoms with E-state index < -0.39 is 36.1 Å². The van der Waals surface area contributed by atoms with Crippen molar-refractivity contribution < 1.29 is 23.8 Å². The van der Waals surface area contributed by atoms with Gasteiger partial charge in [-0.15, -0.1) is 0 Å². The van der Waals surface area contributed by atoms with Gasteiger partial charge in [0, 0.05) is 31.8 Å². The van der Waals surface area contributed by atoms with E-state index in [2.05, 4.69) is 10.4 Å². The fourth-order valence-corrected chi connectivity index (χ4v) is 4.64. The Morgan fingerprint density at radius 3 is 2.29 bits per heavy atom. The van der Waals surface area contributed by atoms with E-state index in [-0.39, 0.29) is 13.0 Å². The fourth-order valence-electron chi connectivity index (χ4n) is 4.64. The van der Waals surface area contributed by atoms with E-state index in [1.807, 2.05) is 43.1 Å². The first-order chi connectivity index (χ1) is 18.3. The van der Waals surface area contributed by atoms with E-state index in [4.69, 9.17) is 14.2 Å². The van der Waals surface area contributed by atoms with Crippen LogP contribution < -0.4 is 16.1 Å². The standard InChI is InChI=1S/C28H30N4O6/c1-17-4-8-19(9-5-17)26(33)36-16-23-22(38-27(34)20-10-6-18(2)7-11-20)14-24(37-23)31-15-21-12-13-32(29-3)25(21)30-28(31)35/h4-11,15,22-24,29H,12-14,16H2,1-3H3/t22-,23+,24+/m0/s1. The highest BCUT2D eigenvalue weighted by Gasteiger charge is 2.41. The van der Waals surface area contributed by atoms with E-state index in [0.717, 1.165) is 23.1 Å². The molecule has 3 heterocycles. The van der Waals surface area contributed by atoms with Crippen LogP contribution in [0.5, 0.6) is 0 Å². The van der Waals surface area contributed by atoms with Gasteiger partial charge in [-0.1, -0.05) is 35.4 Å². The summed E-state index contributed by atoms with van der Waals surface area (Å²) in [5, 5.41) is 1.82. The highest BCUT2D eigenvalue weighted by atomic mass is 16.6. The zero-order valence-corrected chi connectivity index (χ0v) is 21.5. The van der Waals surface area contributed by atoms with Gasteiger partial charge >= 0.3 is 17.6 Å². The second kappa shape index (κ2) is 10.8. The molecule has 2 aliphatic heterocycles. The first kappa shape index (κ1) is 25.6. The van der Waals surface area contributed by atoms with Crippen LogP contribution in [0.3, 0.4) is 0 Å². The second-order valence-corrected chi connectivity index (χ2v) is 9.54. The Morgan fingerprint density at radius 1 is 1.03 bits per heavy atom. The summed E-state index contributed by atoms with van der Waals surface area (Å²) in [5.41, 5.74) is 6.31. The van der Waals surface area contributed by atoms with Gasteiger partial charge in [-0.2, -0.15) is 4.98 Å². The molecule has 1 N–H and O–H groups in total. The lowest BCUT2D eigenvalue weighted by atomic mass is 10.1. The molecule has 0 bridgehead atoms. The molecular weight excluding hydrogens is 488 g/mol. The van der Waals surface area contributed by atoms with E-state index >= 15 is 0 Å². The van der Waals surface area contributed by atoms with Crippen LogP contribution in [-0.4, -0.2) is 53.9 Å². The molecule has 10 heteroatoms. The molecule has 2 aromatic carbocycles. The number of carbonyl (C=O) groups excluding carboxylic acids is 2. The lowest BCUT2D eigenvalue weighted by Crippen LogP contribution is -2.36. The Kier molecular flexibility index (Phi) is 7.26. The van der Waals surface area contributed by atoms with E-state index in [0.29, 0.717) is 23.5 Å². The van der Waals surface area contributed by atoms with Crippen molar-refractivity contribution in [3.8, 4) is 0 Å². The molecule has 3 aromatic rings. The smallest absolute Gasteiger partial charge is 0.351 e. The van der Waals surface area contributed by atoms with Crippen LogP contribution in [-0.2, 0) is 20.6 Å². The number of benzene rings is 2. The minimum Gasteiger partial charge on any atom is -0.459 e. The van der Waals surface area contributed by atoms with Gasteiger partial charge in [0.2, 0.25) is 0 Å². The predicted molar refractivity (Wildman–Crippen MR) is 139 cm³/mol. The molecule has 0 unspecified atom stereocenters. The highest BCUT2D eigenvalue weighted by Crippen LogP contribution is 2.32. The third kappa shape index (κ3) is 5.32. The Morgan fingerprint density at radius 2 is 1.66 bits per heavy atom. The third-order valence-corrected chi connectivity index (χ3v) is 6.84. The monoisotopic (exact) mass is 518 g/mol. The SMILES string of the molecule is CNN1CCc2cn([C@H]3C[C@H](OC(=O)c4ccc(C)cc4)[C@@H](COC(=O)c4ccc(C)cc4)O3)c(=O)nc21. The average molecular weight is 519 g/mol. The summed E-state index contributed by atoms with van der Waals surface area (Å²) >= 11 is 0. The molecule has 38 heavy (non-hydrogen) atoms. The maximum absolute atomic E-state index is 12.9. The van der Waals surface area contributed by atoms with Crippen molar-refractivity contribution in [2.24, 2.45) is 0 Å². The normalized spacial score (nSPS) is 20.3. The molecule has 5 rings (SSSR count). The molecule has 0 amide bonds. The van der Waals surface area contributed by atoms with Crippen molar-refractivity contribution in [3.63, 3.8) is 0 Å². The van der Waals surface area contributed by atoms with Gasteiger partial charge in [0.05, 0.1) is 11.1 Å². The van der Waals surface area contributed by atoms with E-state index in [1.165, 1.54) is 4.57 Å². The van der Waals surface area contributed by atoms with Gasteiger partial charge in [0.1, 0.15) is 25.0 Å². The summed E-state index contributed by atoms with van der Waals surface area (Å²) in [4.78, 5) is 42.7. The summed E-state index contributed by atoms with van der Waals surface area (Å²) in [5.74, 6) is -0.431. The summed E-state index contributed by atoms with van der Waals surface area (Å²) in [6.07, 6.45) is 0.431. The van der Waals surface area contributed by atoms with Crippen molar-refractivity contribution in [1.82, 2.24) is 15.0 Å². The van der Waals surface area contributed by atoms with E-state index in [9.17, 15) is 14.4 Å². The largest absolute Gasteiger partial charge is 0.459 e. The zero-order chi connectivity index (χ0) is 26.8. The van der Waals surface area contributed by atoms with Crippen LogP contribution in [0.1, 0.15) is 50.1 Å². The number of ether oxygens (including phenoxy) is 3. The van der Waals surface area contributed by atoms with Crippen molar-refractivity contribution in [3.05, 3.63) is 93.0 Å². The molecule has 0 saturated carbocycles. The minimum absolute atomic E-state index is 0.143. The molecule has 1 saturated heterocycles. The lowest BCUT2D eigenvalue weighted by molar-refractivity contribution is -0.0582. The van der Waals surface area contributed by atoms with Crippen LogP contribution in [0.2, 0.25) is 0 Å². The van der Waals surface area contributed by atoms with Crippen LogP contribution in [0.25, 0.3) is 0 Å². The number of nitrogens with zero attached hydrogens (tertiary/aromatic N) is 3. The number of nitrogens with one attached hydrogen (secondary N) is 1. The van der Waals surface area contributed by atoms with Gasteiger partial charge in [-0.3, -0.25) is 9.58 Å². The lowest BCUT2D eigenvalue weighted by Gasteiger charge is -2.19. The Hall–Kier alpha value is -4.02. The van der Waals surface area contributed by atoms with Gasteiger partial charge < -0.3 is 14.2 Å². The predicted octanol–water partition coefficient (Wildman–Crippen LogP) is 2.73. The Labute approximate surface area is 220 Å². The number of rotatable bonds is 7. The number of carbonyl (C=O) groups is 2. The van der Waals surface area contributed by atoms with Gasteiger partial charge in [0.15, 0.2) is 5.82 Å². The number of aromatic nitrogens is 2. The first-order valence-corrected chi connectivity index (χ1v) is 12.6. The maximum atomic E-state index is 12.9. The van der Waals surface area contributed by atoms with Crippen molar-refractivity contribution in [2.45, 2.75) is 45.1 Å². The Balaban J connectivity index is 1.35. The molecule has 198 valence electrons. The summed E-state index contributed by atoms with van der Waals surface area (Å²) in [6, 6.07) is 14.1. The van der Waals surface area contributed by atoms with Crippen molar-refractivity contribution in [2.75, 3.05) is 25.2 Å². The highest BCUT2D eigenvalue weighted by molar-refractivity contribution is 5.90. The van der Waals surface area contributed by atoms with Gasteiger partial charge in [0.25, 0.3) is 0 Å². The number of aryl methyl sites for hydroxylation is 2. The quantitative estimate of drug-likeness (QED) is 0.472. The van der Waals surface area contributed by atoms with Crippen molar-refractivity contribution >= 4 is 17.8 Å². The number of anilines is 1. The zero-order valence-electron chi connectivity index (χ0n) is 21.5. The molecule has 3 atom stereocenters. The summed E-state index contributed by atoms with van der Waals surface area (Å²) in [6.45, 7) is 4.42. The van der Waals surface area contributed by atoms with Crippen LogP contribution in [0.15, 0.2) is 59.5 Å². The Bertz CT molecular complexity index is 1390. The van der Waals surface area contributed by atoms with Crippen LogP contribution in [0.4, 0.5) is 5.82 Å². The van der Waals surface area contributed by atoms with E-state index in [1.54, 1.807) is 37.5 Å². The summed E-state index contributed by atoms with van der Waals surface area (Å²) in [7, 11) is 1.78. The van der Waals surface area contributed by atoms with Crippen LogP contribution in [0, 0.1) is 13.8 Å². The molecule has 1 fully saturated rings. The number of hydrogen-bond donors (Lipinski definition) is 1. The first-order valence-electron chi connectivity index (χ1n) is 12.6. The van der Waals surface area contributed by atoms with Crippen LogP contribution >= 0.6 is 0 Å². The molecule has 10 nitrogen and oxygen atoms in total. The molecular formula is C28H30N4O6. The molecule has 0 radical (unpaired) electrons. The number of esters is 2. The molecule has 0 spiro atoms. The van der Waals surface area contributed by atoms with Gasteiger partial charge in [-0.25, -0.2) is 19.8 Å². The fraction of sp³-hybridized carbons (Fsp3) is 0.357. The molecule has 0 aliphatic carbocycles. The minimum atomic E-state index is -0.766. The number of fused-ring (bicyclic) bond motifs is 1. The maximum Gasteiger partial charge on any atom is 0.351 e. The van der Waals surface area contributed by atoms with Gasteiger partial charge in [-0.05, 0) is 44.5 Å². The third-order valence-electron chi connectivity index (χ3n) is 6.84. The number of hydrazine groups is 1. The molecule has 2 aliphatic rings. The average Bonchev–Trinajstić information content (AvgIpc) is 3.50. The molecule has 1 aromatic heterocycles. The number of hydrogen-bond acceptors (Lipinski definition) is 9. The topological polar surface area (TPSA) is 112 Å². The van der Waals surface area contributed by atoms with Crippen molar-refractivity contribution in [1.29, 1.82) is 0 Å². The summed E-state index contributed by atoms with van der Waals surface area (Å²) < 4.78 is 18.9. The second-order valence-electron chi connectivity index (χ2n) is 9.54.